The first-order chi connectivity index (χ1) is 17.7. The van der Waals surface area contributed by atoms with Crippen molar-refractivity contribution in [3.05, 3.63) is 40.6 Å². The number of amides is 1. The lowest BCUT2D eigenvalue weighted by Gasteiger charge is -2.21. The Balaban J connectivity index is 1.66. The lowest BCUT2D eigenvalue weighted by Crippen LogP contribution is -2.30. The Bertz CT molecular complexity index is 1550. The molecule has 3 fully saturated rings. The summed E-state index contributed by atoms with van der Waals surface area (Å²) in [6, 6.07) is 1.79. The fourth-order valence-corrected chi connectivity index (χ4v) is 6.55. The summed E-state index contributed by atoms with van der Waals surface area (Å²) in [4.78, 5) is 16.8. The molecule has 0 bridgehead atoms. The molecule has 3 atom stereocenters. The van der Waals surface area contributed by atoms with E-state index in [9.17, 15) is 49.3 Å². The minimum atomic E-state index is -5.17. The summed E-state index contributed by atoms with van der Waals surface area (Å²) < 4.78 is 133. The molecule has 5 rings (SSSR count). The Hall–Kier alpha value is -2.98. The lowest BCUT2D eigenvalue weighted by molar-refractivity contribution is -0.202. The molecule has 8 nitrogen and oxygen atoms in total. The smallest absolute Gasteiger partial charge is 0.420 e. The van der Waals surface area contributed by atoms with Crippen molar-refractivity contribution in [2.75, 3.05) is 6.26 Å². The van der Waals surface area contributed by atoms with Crippen LogP contribution in [-0.4, -0.2) is 48.2 Å². The van der Waals surface area contributed by atoms with Gasteiger partial charge in [-0.1, -0.05) is 0 Å². The Labute approximate surface area is 215 Å². The molecular weight excluding hydrogens is 566 g/mol. The van der Waals surface area contributed by atoms with E-state index in [-0.39, 0.29) is 12.8 Å². The highest BCUT2D eigenvalue weighted by atomic mass is 32.2. The maximum atomic E-state index is 14.2. The number of hydrogen-bond acceptors (Lipinski definition) is 5. The van der Waals surface area contributed by atoms with Crippen molar-refractivity contribution < 1.29 is 49.3 Å². The van der Waals surface area contributed by atoms with Crippen molar-refractivity contribution in [1.29, 1.82) is 4.78 Å². The van der Waals surface area contributed by atoms with Crippen LogP contribution in [0.25, 0.3) is 0 Å². The third kappa shape index (κ3) is 4.51. The second kappa shape index (κ2) is 8.04. The molecule has 2 aromatic heterocycles. The first kappa shape index (κ1) is 27.6. The zero-order chi connectivity index (χ0) is 29.0. The Morgan fingerprint density at radius 1 is 1.21 bits per heavy atom. The zero-order valence-corrected chi connectivity index (χ0v) is 20.9. The van der Waals surface area contributed by atoms with Crippen molar-refractivity contribution >= 4 is 15.6 Å². The number of carbonyl (C=O) groups is 1. The van der Waals surface area contributed by atoms with Crippen LogP contribution in [0, 0.1) is 15.6 Å². The van der Waals surface area contributed by atoms with Crippen molar-refractivity contribution in [3.8, 4) is 0 Å². The summed E-state index contributed by atoms with van der Waals surface area (Å²) in [6.45, 7) is -0.999. The number of halogens is 8. The molecule has 3 aliphatic rings. The number of nitrogens with one attached hydrogen (secondary N) is 1. The zero-order valence-electron chi connectivity index (χ0n) is 20.0. The SMILES string of the molecule is CS(=N)(=O)c1cc(=NC(=O)c2c(C(F)(F)F)c(C3CC3)nn2CC23CC(F)(F)CC2(C(F)(F)F)C3)ccn1O. The van der Waals surface area contributed by atoms with Crippen LogP contribution < -0.4 is 5.36 Å². The predicted molar refractivity (Wildman–Crippen MR) is 115 cm³/mol. The third-order valence-electron chi connectivity index (χ3n) is 7.63. The standard InChI is InChI=1S/C22H21F8N5O3S/c1-39(31,38)13-6-12(4-5-35(13)37)32-17(36)16-14(21(25,26)27)15(11-2-3-11)33-34(16)10-18-7-19(18,22(28,29)30)9-20(23,24)8-18/h4-6,11,31,37H,2-3,7-10H2,1H3. The van der Waals surface area contributed by atoms with Crippen LogP contribution in [0.5, 0.6) is 0 Å². The van der Waals surface area contributed by atoms with Gasteiger partial charge in [0.05, 0.1) is 26.2 Å². The predicted octanol–water partition coefficient (Wildman–Crippen LogP) is 4.96. The summed E-state index contributed by atoms with van der Waals surface area (Å²) in [7, 11) is -3.58. The molecule has 1 amide bonds. The van der Waals surface area contributed by atoms with Gasteiger partial charge in [-0.2, -0.15) is 36.2 Å². The molecular formula is C22H21F8N5O3S. The topological polar surface area (TPSA) is 113 Å². The van der Waals surface area contributed by atoms with Gasteiger partial charge < -0.3 is 5.21 Å². The largest absolute Gasteiger partial charge is 0.428 e. The number of rotatable bonds is 5. The molecule has 0 aromatic carbocycles. The molecule has 2 aromatic rings. The van der Waals surface area contributed by atoms with Crippen LogP contribution >= 0.6 is 0 Å². The molecule has 3 unspecified atom stereocenters. The summed E-state index contributed by atoms with van der Waals surface area (Å²) in [5, 5.41) is 12.7. The van der Waals surface area contributed by atoms with Crippen molar-refractivity contribution in [2.24, 2.45) is 15.8 Å². The third-order valence-corrected chi connectivity index (χ3v) is 8.73. The number of hydrogen-bond donors (Lipinski definition) is 2. The van der Waals surface area contributed by atoms with Crippen LogP contribution in [0.15, 0.2) is 28.3 Å². The van der Waals surface area contributed by atoms with E-state index >= 15 is 0 Å². The van der Waals surface area contributed by atoms with Gasteiger partial charge in [0.15, 0.2) is 5.03 Å². The number of nitrogens with zero attached hydrogens (tertiary/aromatic N) is 4. The average Bonchev–Trinajstić information content (AvgIpc) is 3.63. The number of fused-ring (bicyclic) bond motifs is 1. The summed E-state index contributed by atoms with van der Waals surface area (Å²) in [5.41, 5.74) is -8.22. The van der Waals surface area contributed by atoms with Crippen molar-refractivity contribution in [1.82, 2.24) is 14.5 Å². The molecule has 214 valence electrons. The number of pyridine rings is 1. The van der Waals surface area contributed by atoms with E-state index in [0.29, 0.717) is 9.41 Å². The Morgan fingerprint density at radius 3 is 2.38 bits per heavy atom. The van der Waals surface area contributed by atoms with Crippen LogP contribution in [0.1, 0.15) is 59.8 Å². The van der Waals surface area contributed by atoms with Gasteiger partial charge in [0.25, 0.3) is 5.91 Å². The van der Waals surface area contributed by atoms with Crippen molar-refractivity contribution in [2.45, 2.75) is 67.9 Å². The second-order valence-electron chi connectivity index (χ2n) is 10.6. The minimum absolute atomic E-state index is 0.285. The van der Waals surface area contributed by atoms with E-state index in [0.717, 1.165) is 24.6 Å². The second-order valence-corrected chi connectivity index (χ2v) is 12.7. The highest BCUT2D eigenvalue weighted by Crippen LogP contribution is 2.82. The van der Waals surface area contributed by atoms with Gasteiger partial charge >= 0.3 is 12.4 Å². The fourth-order valence-electron chi connectivity index (χ4n) is 5.79. The Morgan fingerprint density at radius 2 is 1.85 bits per heavy atom. The average molecular weight is 587 g/mol. The van der Waals surface area contributed by atoms with Crippen LogP contribution in [0.3, 0.4) is 0 Å². The first-order valence-corrected chi connectivity index (χ1v) is 13.5. The summed E-state index contributed by atoms with van der Waals surface area (Å²) in [5.74, 6) is -5.99. The molecule has 2 heterocycles. The monoisotopic (exact) mass is 587 g/mol. The molecule has 17 heteroatoms. The van der Waals surface area contributed by atoms with Gasteiger partial charge in [0.1, 0.15) is 11.3 Å². The van der Waals surface area contributed by atoms with Crippen LogP contribution in [0.4, 0.5) is 35.1 Å². The maximum Gasteiger partial charge on any atom is 0.420 e. The van der Waals surface area contributed by atoms with E-state index in [1.807, 2.05) is 0 Å². The van der Waals surface area contributed by atoms with E-state index in [4.69, 9.17) is 4.78 Å². The molecule has 0 spiro atoms. The number of alkyl halides is 8. The quantitative estimate of drug-likeness (QED) is 0.380. The fraction of sp³-hybridized carbons (Fsp3) is 0.591. The van der Waals surface area contributed by atoms with E-state index in [1.165, 1.54) is 0 Å². The summed E-state index contributed by atoms with van der Waals surface area (Å²) >= 11 is 0. The molecule has 3 saturated carbocycles. The maximum absolute atomic E-state index is 14.2. The highest BCUT2D eigenvalue weighted by Gasteiger charge is 2.86. The molecule has 3 aliphatic carbocycles. The van der Waals surface area contributed by atoms with Gasteiger partial charge in [-0.05, 0) is 25.3 Å². The van der Waals surface area contributed by atoms with Gasteiger partial charge in [-0.15, -0.1) is 0 Å². The first-order valence-electron chi connectivity index (χ1n) is 11.6. The van der Waals surface area contributed by atoms with Crippen LogP contribution in [-0.2, 0) is 22.5 Å². The van der Waals surface area contributed by atoms with Crippen LogP contribution in [0.2, 0.25) is 0 Å². The highest BCUT2D eigenvalue weighted by molar-refractivity contribution is 7.91. The van der Waals surface area contributed by atoms with Gasteiger partial charge in [-0.25, -0.2) is 22.8 Å². The molecule has 0 saturated heterocycles. The van der Waals surface area contributed by atoms with E-state index in [2.05, 4.69) is 10.1 Å². The van der Waals surface area contributed by atoms with Gasteiger partial charge in [-0.3, -0.25) is 9.48 Å². The molecule has 39 heavy (non-hydrogen) atoms. The Kier molecular flexibility index (Phi) is 5.68. The minimum Gasteiger partial charge on any atom is -0.428 e. The van der Waals surface area contributed by atoms with E-state index < -0.39 is 104 Å². The van der Waals surface area contributed by atoms with E-state index in [1.54, 1.807) is 0 Å². The normalized spacial score (nSPS) is 28.3. The molecule has 0 aliphatic heterocycles. The molecule has 2 N–H and O–H groups in total. The van der Waals surface area contributed by atoms with Crippen molar-refractivity contribution in [3.63, 3.8) is 0 Å². The van der Waals surface area contributed by atoms with Gasteiger partial charge in [0.2, 0.25) is 5.92 Å². The lowest BCUT2D eigenvalue weighted by atomic mass is 9.95. The number of aromatic nitrogens is 3. The van der Waals surface area contributed by atoms with Gasteiger partial charge in [0, 0.05) is 49.2 Å². The number of carbonyl (C=O) groups excluding carboxylic acids is 1. The summed E-state index contributed by atoms with van der Waals surface area (Å²) in [6.07, 6.45) is -11.3. The molecule has 0 radical (unpaired) electrons.